The van der Waals surface area contributed by atoms with E-state index in [1.807, 2.05) is 6.92 Å². The van der Waals surface area contributed by atoms with Crippen molar-refractivity contribution in [1.82, 2.24) is 0 Å². The smallest absolute Gasteiger partial charge is 0.347 e. The van der Waals surface area contributed by atoms with Crippen molar-refractivity contribution in [3.05, 3.63) is 0 Å². The van der Waals surface area contributed by atoms with Crippen LogP contribution in [0, 0.1) is 0 Å². The average molecular weight is 502 g/mol. The molecule has 0 aliphatic carbocycles. The molecule has 0 fully saturated rings. The lowest BCUT2D eigenvalue weighted by Gasteiger charge is -2.22. The van der Waals surface area contributed by atoms with Crippen LogP contribution in [0.15, 0.2) is 0 Å². The van der Waals surface area contributed by atoms with Gasteiger partial charge in [-0.3, -0.25) is 9.13 Å². The third kappa shape index (κ3) is 58.6. The first-order chi connectivity index (χ1) is 14.3. The van der Waals surface area contributed by atoms with Gasteiger partial charge in [0.1, 0.15) is 0 Å². The van der Waals surface area contributed by atoms with E-state index in [9.17, 15) is 57.2 Å². The van der Waals surface area contributed by atoms with E-state index in [0.29, 0.717) is 20.0 Å². The molecule has 0 N–H and O–H groups in total. The normalized spacial score (nSPS) is 12.4. The summed E-state index contributed by atoms with van der Waals surface area (Å²) < 4.78 is 147. The highest BCUT2D eigenvalue weighted by molar-refractivity contribution is 4.64. The predicted molar refractivity (Wildman–Crippen MR) is 85.9 cm³/mol. The average Bonchev–Trinajstić information content (AvgIpc) is 2.67. The van der Waals surface area contributed by atoms with E-state index in [1.54, 1.807) is 0 Å². The molecule has 0 saturated heterocycles. The Balaban J connectivity index is -0.000000123. The highest BCUT2D eigenvalue weighted by Gasteiger charge is 2.33. The van der Waals surface area contributed by atoms with Crippen molar-refractivity contribution in [3.63, 3.8) is 0 Å². The van der Waals surface area contributed by atoms with E-state index >= 15 is 0 Å². The number of rotatable bonds is 9. The molecule has 196 valence electrons. The second-order valence-electron chi connectivity index (χ2n) is 4.72. The van der Waals surface area contributed by atoms with E-state index in [1.165, 1.54) is 6.92 Å². The molecule has 0 heterocycles. The molecule has 0 aromatic rings. The fraction of sp³-hybridized carbons (Fsp3) is 1.00. The molecule has 0 aromatic carbocycles. The first kappa shape index (κ1) is 40.3. The quantitative estimate of drug-likeness (QED) is 0.304. The van der Waals surface area contributed by atoms with Crippen LogP contribution in [-0.2, 0) is 14.4 Å². The molecule has 2 atom stereocenters. The number of alkyl halides is 12. The van der Waals surface area contributed by atoms with Crippen LogP contribution in [0.2, 0.25) is 0 Å². The number of hydrogen-bond acceptors (Lipinski definition) is 3. The van der Waals surface area contributed by atoms with Crippen LogP contribution in [0.4, 0.5) is 57.2 Å². The van der Waals surface area contributed by atoms with Gasteiger partial charge < -0.3 is 4.74 Å². The van der Waals surface area contributed by atoms with E-state index in [-0.39, 0.29) is 6.42 Å². The summed E-state index contributed by atoms with van der Waals surface area (Å²) in [6.45, 7) is -2.91. The summed E-state index contributed by atoms with van der Waals surface area (Å²) in [5.41, 5.74) is 0. The Morgan fingerprint density at radius 1 is 0.839 bits per heavy atom. The molecule has 31 heavy (non-hydrogen) atoms. The van der Waals surface area contributed by atoms with Crippen LogP contribution in [0.3, 0.4) is 0 Å². The van der Waals surface area contributed by atoms with E-state index in [4.69, 9.17) is 0 Å². The number of ether oxygens (including phenoxy) is 2. The molecule has 0 rings (SSSR count). The number of halogens is 13. The van der Waals surface area contributed by atoms with Crippen LogP contribution in [0.5, 0.6) is 0 Å². The molecule has 0 bridgehead atoms. The van der Waals surface area contributed by atoms with Crippen LogP contribution < -0.4 is 0 Å². The van der Waals surface area contributed by atoms with Crippen molar-refractivity contribution in [2.75, 3.05) is 34.5 Å². The van der Waals surface area contributed by atoms with Crippen LogP contribution in [0.25, 0.3) is 0 Å². The zero-order valence-electron chi connectivity index (χ0n) is 16.9. The molecule has 0 spiro atoms. The van der Waals surface area contributed by atoms with Gasteiger partial charge in [0.15, 0.2) is 13.5 Å². The minimum Gasteiger partial charge on any atom is -0.347 e. The Labute approximate surface area is 171 Å². The van der Waals surface area contributed by atoms with Gasteiger partial charge in [0.05, 0.1) is 19.4 Å². The molecule has 0 amide bonds. The van der Waals surface area contributed by atoms with Gasteiger partial charge in [0.25, 0.3) is 0 Å². The first-order valence-electron chi connectivity index (χ1n) is 8.12. The lowest BCUT2D eigenvalue weighted by molar-refractivity contribution is -0.345. The molecular formula is C15H27F13O3. The fourth-order valence-corrected chi connectivity index (χ4v) is 1.39. The van der Waals surface area contributed by atoms with Crippen molar-refractivity contribution >= 4 is 0 Å². The third-order valence-electron chi connectivity index (χ3n) is 2.32. The third-order valence-corrected chi connectivity index (χ3v) is 2.32. The molecule has 0 aliphatic heterocycles. The lowest BCUT2D eigenvalue weighted by atomic mass is 10.1. The summed E-state index contributed by atoms with van der Waals surface area (Å²) in [5.74, 6) is 0. The second kappa shape index (κ2) is 29.0. The van der Waals surface area contributed by atoms with Gasteiger partial charge in [-0.2, -0.15) is 18.1 Å². The van der Waals surface area contributed by atoms with Gasteiger partial charge in [-0.1, -0.05) is 19.8 Å². The molecule has 3 nitrogen and oxygen atoms in total. The maximum absolute atomic E-state index is 12.0. The molecule has 2 unspecified atom stereocenters. The summed E-state index contributed by atoms with van der Waals surface area (Å²) in [7, 11) is 0.500. The van der Waals surface area contributed by atoms with Crippen molar-refractivity contribution in [3.8, 4) is 0 Å². The Hall–Kier alpha value is -1.03. The Morgan fingerprint density at radius 2 is 1.23 bits per heavy atom. The molecule has 0 saturated carbocycles. The summed E-state index contributed by atoms with van der Waals surface area (Å²) in [6, 6.07) is 0. The van der Waals surface area contributed by atoms with Crippen molar-refractivity contribution in [2.45, 2.75) is 64.3 Å². The zero-order chi connectivity index (χ0) is 25.9. The fourth-order valence-electron chi connectivity index (χ4n) is 1.39. The first-order valence-corrected chi connectivity index (χ1v) is 8.12. The maximum Gasteiger partial charge on any atom is 0.522 e. The predicted octanol–water partition coefficient (Wildman–Crippen LogP) is 7.61. The Kier molecular flexibility index (Phi) is 37.7. The summed E-state index contributed by atoms with van der Waals surface area (Å²) in [4.78, 5) is 2.38. The highest BCUT2D eigenvalue weighted by Crippen LogP contribution is 2.24. The molecular weight excluding hydrogens is 475 g/mol. The zero-order valence-corrected chi connectivity index (χ0v) is 16.9. The molecule has 16 heteroatoms. The van der Waals surface area contributed by atoms with E-state index in [0.717, 1.165) is 6.42 Å². The summed E-state index contributed by atoms with van der Waals surface area (Å²) in [5, 5.41) is 0. The lowest BCUT2D eigenvalue weighted by Crippen LogP contribution is -2.27. The summed E-state index contributed by atoms with van der Waals surface area (Å²) >= 11 is 0. The second-order valence-corrected chi connectivity index (χ2v) is 4.72. The van der Waals surface area contributed by atoms with Gasteiger partial charge in [-0.05, 0) is 24.3 Å². The van der Waals surface area contributed by atoms with Gasteiger partial charge in [-0.15, -0.1) is 13.2 Å². The van der Waals surface area contributed by atoms with Crippen LogP contribution in [-0.4, -0.2) is 59.2 Å². The minimum atomic E-state index is -4.64. The van der Waals surface area contributed by atoms with Gasteiger partial charge in [-0.25, -0.2) is 22.0 Å². The largest absolute Gasteiger partial charge is 0.522 e. The van der Waals surface area contributed by atoms with E-state index < -0.39 is 52.1 Å². The SMILES string of the molecule is CCCCC(CC(C)OCF)OC(F)(F)F.CF.FCC(F)(F)F.FCF.FCOF. The van der Waals surface area contributed by atoms with Gasteiger partial charge in [0.2, 0.25) is 13.8 Å². The standard InChI is InChI=1S/C10H18F4O2.C2H2F4.CH2F2O.CH2F2.CH3F/c1-3-4-5-9(16-10(12,13)14)6-8(2)15-7-11;3-1-2(4,5)6;2-1-4-3;2-1-3;1-2/h8-9H,3-7H2,1-2H3;1H2;1H2;1H2;1H3. The van der Waals surface area contributed by atoms with Gasteiger partial charge >= 0.3 is 12.5 Å². The van der Waals surface area contributed by atoms with Crippen molar-refractivity contribution < 1.29 is 71.6 Å². The Bertz CT molecular complexity index is 303. The minimum absolute atomic E-state index is 0.0451. The Morgan fingerprint density at radius 3 is 1.45 bits per heavy atom. The van der Waals surface area contributed by atoms with Crippen LogP contribution in [0.1, 0.15) is 39.5 Å². The summed E-state index contributed by atoms with van der Waals surface area (Å²) in [6.07, 6.45) is -9.03. The van der Waals surface area contributed by atoms with Gasteiger partial charge in [0, 0.05) is 0 Å². The highest BCUT2D eigenvalue weighted by atomic mass is 19.4. The van der Waals surface area contributed by atoms with Crippen molar-refractivity contribution in [1.29, 1.82) is 0 Å². The van der Waals surface area contributed by atoms with Crippen molar-refractivity contribution in [2.24, 2.45) is 0 Å². The molecule has 0 aromatic heterocycles. The number of hydrogen-bond donors (Lipinski definition) is 0. The monoisotopic (exact) mass is 502 g/mol. The number of unbranched alkanes of at least 4 members (excludes halogenated alkanes) is 1. The maximum atomic E-state index is 12.0. The van der Waals surface area contributed by atoms with Crippen LogP contribution >= 0.6 is 0 Å². The molecule has 0 radical (unpaired) electrons. The topological polar surface area (TPSA) is 27.7 Å². The molecule has 0 aliphatic rings. The van der Waals surface area contributed by atoms with E-state index in [2.05, 4.69) is 14.4 Å².